The van der Waals surface area contributed by atoms with Gasteiger partial charge in [0.05, 0.1) is 6.21 Å². The van der Waals surface area contributed by atoms with Crippen LogP contribution in [0.15, 0.2) is 71.8 Å². The number of benzene rings is 3. The molecule has 0 aliphatic heterocycles. The molecular formula is C25H23ClN4O4. The van der Waals surface area contributed by atoms with Gasteiger partial charge in [0.25, 0.3) is 5.91 Å². The summed E-state index contributed by atoms with van der Waals surface area (Å²) in [4.78, 5) is 36.3. The van der Waals surface area contributed by atoms with Gasteiger partial charge in [-0.3, -0.25) is 14.4 Å². The molecule has 0 aromatic heterocycles. The molecule has 3 rings (SSSR count). The molecule has 34 heavy (non-hydrogen) atoms. The number of rotatable bonds is 7. The van der Waals surface area contributed by atoms with Crippen molar-refractivity contribution in [2.75, 3.05) is 17.2 Å². The minimum Gasteiger partial charge on any atom is -0.483 e. The molecule has 3 aromatic rings. The number of para-hydroxylation sites is 1. The van der Waals surface area contributed by atoms with Crippen LogP contribution in [-0.2, 0) is 14.4 Å². The van der Waals surface area contributed by atoms with E-state index in [4.69, 9.17) is 16.3 Å². The van der Waals surface area contributed by atoms with Crippen LogP contribution >= 0.6 is 11.6 Å². The van der Waals surface area contributed by atoms with E-state index in [0.717, 1.165) is 11.1 Å². The average molecular weight is 479 g/mol. The zero-order chi connectivity index (χ0) is 24.5. The average Bonchev–Trinajstić information content (AvgIpc) is 2.77. The molecule has 174 valence electrons. The van der Waals surface area contributed by atoms with Gasteiger partial charge in [0, 0.05) is 22.0 Å². The van der Waals surface area contributed by atoms with Crippen LogP contribution in [0, 0.1) is 13.8 Å². The Balaban J connectivity index is 1.54. The normalized spacial score (nSPS) is 10.6. The number of halogens is 1. The first-order valence-electron chi connectivity index (χ1n) is 10.3. The van der Waals surface area contributed by atoms with E-state index in [-0.39, 0.29) is 12.5 Å². The Labute approximate surface area is 202 Å². The number of hydrazone groups is 1. The lowest BCUT2D eigenvalue weighted by Crippen LogP contribution is -2.32. The fraction of sp³-hybridized carbons (Fsp3) is 0.120. The third-order valence-electron chi connectivity index (χ3n) is 4.44. The van der Waals surface area contributed by atoms with Gasteiger partial charge >= 0.3 is 11.8 Å². The topological polar surface area (TPSA) is 109 Å². The molecule has 3 aromatic carbocycles. The van der Waals surface area contributed by atoms with Crippen LogP contribution < -0.4 is 20.8 Å². The van der Waals surface area contributed by atoms with Gasteiger partial charge in [0.15, 0.2) is 6.61 Å². The second kappa shape index (κ2) is 11.6. The molecule has 0 spiro atoms. The van der Waals surface area contributed by atoms with E-state index in [1.54, 1.807) is 42.5 Å². The smallest absolute Gasteiger partial charge is 0.329 e. The van der Waals surface area contributed by atoms with Crippen LogP contribution in [-0.4, -0.2) is 30.5 Å². The van der Waals surface area contributed by atoms with Gasteiger partial charge in [0.1, 0.15) is 5.75 Å². The van der Waals surface area contributed by atoms with Crippen molar-refractivity contribution in [1.82, 2.24) is 5.43 Å². The number of nitrogens with zero attached hydrogens (tertiary/aromatic N) is 1. The minimum atomic E-state index is -0.956. The highest BCUT2D eigenvalue weighted by Crippen LogP contribution is 2.17. The highest BCUT2D eigenvalue weighted by Gasteiger charge is 2.13. The van der Waals surface area contributed by atoms with Gasteiger partial charge in [-0.25, -0.2) is 5.43 Å². The Morgan fingerprint density at radius 2 is 1.62 bits per heavy atom. The summed E-state index contributed by atoms with van der Waals surface area (Å²) >= 11 is 5.86. The Morgan fingerprint density at radius 1 is 0.882 bits per heavy atom. The summed E-state index contributed by atoms with van der Waals surface area (Å²) in [6.07, 6.45) is 1.32. The molecule has 0 heterocycles. The van der Waals surface area contributed by atoms with Crippen LogP contribution in [0.5, 0.6) is 5.75 Å². The summed E-state index contributed by atoms with van der Waals surface area (Å²) in [5.74, 6) is -1.78. The van der Waals surface area contributed by atoms with Crippen LogP contribution in [0.4, 0.5) is 11.4 Å². The number of carbonyl (C=O) groups is 3. The Morgan fingerprint density at radius 3 is 2.35 bits per heavy atom. The van der Waals surface area contributed by atoms with Crippen molar-refractivity contribution in [1.29, 1.82) is 0 Å². The van der Waals surface area contributed by atoms with E-state index >= 15 is 0 Å². The van der Waals surface area contributed by atoms with E-state index in [2.05, 4.69) is 21.2 Å². The zero-order valence-electron chi connectivity index (χ0n) is 18.6. The maximum Gasteiger partial charge on any atom is 0.329 e. The molecule has 0 aliphatic rings. The Hall–Kier alpha value is -4.17. The van der Waals surface area contributed by atoms with Crippen molar-refractivity contribution in [2.45, 2.75) is 13.8 Å². The van der Waals surface area contributed by atoms with Crippen molar-refractivity contribution < 1.29 is 19.1 Å². The molecule has 0 saturated heterocycles. The van der Waals surface area contributed by atoms with Crippen molar-refractivity contribution in [3.05, 3.63) is 88.4 Å². The standard InChI is InChI=1S/C25H23ClN4O4/c1-16-10-17(2)12-21(11-16)28-23(31)15-34-22-9-4-3-6-18(22)14-27-30-25(33)24(32)29-20-8-5-7-19(26)13-20/h3-14H,15H2,1-2H3,(H,28,31)(H,29,32)(H,30,33)/b27-14-. The molecule has 9 heteroatoms. The molecule has 0 atom stereocenters. The second-order valence-corrected chi connectivity index (χ2v) is 7.85. The molecule has 3 N–H and O–H groups in total. The maximum absolute atomic E-state index is 12.3. The first kappa shape index (κ1) is 24.5. The summed E-state index contributed by atoms with van der Waals surface area (Å²) in [5, 5.41) is 9.45. The first-order chi connectivity index (χ1) is 16.3. The highest BCUT2D eigenvalue weighted by atomic mass is 35.5. The fourth-order valence-electron chi connectivity index (χ4n) is 3.07. The van der Waals surface area contributed by atoms with E-state index in [0.29, 0.717) is 27.7 Å². The van der Waals surface area contributed by atoms with E-state index < -0.39 is 11.8 Å². The molecule has 0 bridgehead atoms. The number of hydrogen-bond donors (Lipinski definition) is 3. The highest BCUT2D eigenvalue weighted by molar-refractivity contribution is 6.39. The largest absolute Gasteiger partial charge is 0.483 e. The van der Waals surface area contributed by atoms with Crippen LogP contribution in [0.25, 0.3) is 0 Å². The lowest BCUT2D eigenvalue weighted by Gasteiger charge is -2.10. The number of nitrogens with one attached hydrogen (secondary N) is 3. The number of anilines is 2. The van der Waals surface area contributed by atoms with Gasteiger partial charge in [-0.15, -0.1) is 0 Å². The summed E-state index contributed by atoms with van der Waals surface area (Å²) in [6, 6.07) is 19.0. The Kier molecular flexibility index (Phi) is 8.37. The van der Waals surface area contributed by atoms with Crippen molar-refractivity contribution in [2.24, 2.45) is 5.10 Å². The Bertz CT molecular complexity index is 1220. The molecule has 0 saturated carbocycles. The van der Waals surface area contributed by atoms with Crippen molar-refractivity contribution >= 4 is 46.9 Å². The van der Waals surface area contributed by atoms with Gasteiger partial charge < -0.3 is 15.4 Å². The predicted molar refractivity (Wildman–Crippen MR) is 132 cm³/mol. The summed E-state index contributed by atoms with van der Waals surface area (Å²) in [5.41, 5.74) is 5.83. The molecule has 0 fully saturated rings. The van der Waals surface area contributed by atoms with Gasteiger partial charge in [-0.1, -0.05) is 35.9 Å². The summed E-state index contributed by atoms with van der Waals surface area (Å²) in [6.45, 7) is 3.69. The first-order valence-corrected chi connectivity index (χ1v) is 10.7. The van der Waals surface area contributed by atoms with Crippen LogP contribution in [0.3, 0.4) is 0 Å². The predicted octanol–water partition coefficient (Wildman–Crippen LogP) is 4.06. The van der Waals surface area contributed by atoms with Crippen molar-refractivity contribution in [3.63, 3.8) is 0 Å². The number of ether oxygens (including phenoxy) is 1. The summed E-state index contributed by atoms with van der Waals surface area (Å²) < 4.78 is 5.62. The molecular weight excluding hydrogens is 456 g/mol. The fourth-order valence-corrected chi connectivity index (χ4v) is 3.26. The number of carbonyl (C=O) groups excluding carboxylic acids is 3. The van der Waals surface area contributed by atoms with Gasteiger partial charge in [0.2, 0.25) is 0 Å². The molecule has 8 nitrogen and oxygen atoms in total. The number of hydrogen-bond acceptors (Lipinski definition) is 5. The summed E-state index contributed by atoms with van der Waals surface area (Å²) in [7, 11) is 0. The molecule has 0 radical (unpaired) electrons. The third-order valence-corrected chi connectivity index (χ3v) is 4.68. The number of aryl methyl sites for hydroxylation is 2. The van der Waals surface area contributed by atoms with E-state index in [1.807, 2.05) is 32.0 Å². The quantitative estimate of drug-likeness (QED) is 0.270. The van der Waals surface area contributed by atoms with Crippen LogP contribution in [0.1, 0.15) is 16.7 Å². The van der Waals surface area contributed by atoms with E-state index in [1.165, 1.54) is 12.3 Å². The van der Waals surface area contributed by atoms with Gasteiger partial charge in [-0.05, 0) is 67.4 Å². The zero-order valence-corrected chi connectivity index (χ0v) is 19.3. The van der Waals surface area contributed by atoms with Crippen LogP contribution in [0.2, 0.25) is 5.02 Å². The number of amides is 3. The lowest BCUT2D eigenvalue weighted by atomic mass is 10.1. The molecule has 0 unspecified atom stereocenters. The monoisotopic (exact) mass is 478 g/mol. The van der Waals surface area contributed by atoms with E-state index in [9.17, 15) is 14.4 Å². The van der Waals surface area contributed by atoms with Gasteiger partial charge in [-0.2, -0.15) is 5.10 Å². The third kappa shape index (κ3) is 7.46. The lowest BCUT2D eigenvalue weighted by molar-refractivity contribution is -0.136. The molecule has 0 aliphatic carbocycles. The SMILES string of the molecule is Cc1cc(C)cc(NC(=O)COc2ccccc2/C=N\NC(=O)C(=O)Nc2cccc(Cl)c2)c1. The minimum absolute atomic E-state index is 0.216. The second-order valence-electron chi connectivity index (χ2n) is 7.41. The maximum atomic E-state index is 12.3. The van der Waals surface area contributed by atoms with Crippen molar-refractivity contribution in [3.8, 4) is 5.75 Å². The molecule has 3 amide bonds.